The number of anilines is 1. The van der Waals surface area contributed by atoms with Crippen molar-refractivity contribution in [2.45, 2.75) is 20.8 Å². The van der Waals surface area contributed by atoms with Gasteiger partial charge in [0.25, 0.3) is 5.91 Å². The highest BCUT2D eigenvalue weighted by Crippen LogP contribution is 2.32. The summed E-state index contributed by atoms with van der Waals surface area (Å²) < 4.78 is 5.81. The zero-order chi connectivity index (χ0) is 21.0. The molecule has 150 valence electrons. The van der Waals surface area contributed by atoms with E-state index in [4.69, 9.17) is 17.0 Å². The molecule has 0 aromatic heterocycles. The molecule has 1 fully saturated rings. The van der Waals surface area contributed by atoms with Gasteiger partial charge in [0.15, 0.2) is 0 Å². The van der Waals surface area contributed by atoms with Crippen LogP contribution in [0.2, 0.25) is 0 Å². The van der Waals surface area contributed by atoms with E-state index in [1.165, 1.54) is 16.7 Å². The Bertz CT molecular complexity index is 984. The normalized spacial score (nSPS) is 15.1. The summed E-state index contributed by atoms with van der Waals surface area (Å²) in [5.74, 6) is 0.239. The molecule has 0 saturated carbocycles. The number of nitrogens with zero attached hydrogens (tertiary/aromatic N) is 1. The largest absolute Gasteiger partial charge is 0.494 e. The van der Waals surface area contributed by atoms with E-state index in [0.717, 1.165) is 28.1 Å². The molecule has 1 aliphatic rings. The predicted octanol–water partition coefficient (Wildman–Crippen LogP) is 4.54. The molecule has 2 aromatic carbocycles. The maximum atomic E-state index is 12.7. The maximum absolute atomic E-state index is 12.7. The van der Waals surface area contributed by atoms with Crippen LogP contribution < -0.4 is 10.1 Å². The first-order valence-electron chi connectivity index (χ1n) is 9.23. The fourth-order valence-corrected chi connectivity index (χ4v) is 4.09. The SMILES string of the molecule is CCOc1ccc(/C=C2\SC(=S)N(CC(=O)Nc3cccc(C)c3C)C2=O)cc1. The quantitative estimate of drug-likeness (QED) is 0.543. The second kappa shape index (κ2) is 9.24. The second-order valence-electron chi connectivity index (χ2n) is 6.57. The predicted molar refractivity (Wildman–Crippen MR) is 122 cm³/mol. The van der Waals surface area contributed by atoms with Gasteiger partial charge in [-0.05, 0) is 61.7 Å². The fraction of sp³-hybridized carbons (Fsp3) is 0.227. The minimum Gasteiger partial charge on any atom is -0.494 e. The van der Waals surface area contributed by atoms with Crippen LogP contribution in [0.15, 0.2) is 47.4 Å². The van der Waals surface area contributed by atoms with Crippen LogP contribution in [-0.2, 0) is 9.59 Å². The van der Waals surface area contributed by atoms with Crippen molar-refractivity contribution in [3.8, 4) is 5.75 Å². The van der Waals surface area contributed by atoms with Crippen molar-refractivity contribution in [1.82, 2.24) is 4.90 Å². The fourth-order valence-electron chi connectivity index (χ4n) is 2.83. The molecule has 2 amide bonds. The average Bonchev–Trinajstić information content (AvgIpc) is 2.94. The maximum Gasteiger partial charge on any atom is 0.266 e. The third kappa shape index (κ3) is 5.05. The third-order valence-electron chi connectivity index (χ3n) is 4.54. The zero-order valence-corrected chi connectivity index (χ0v) is 18.2. The van der Waals surface area contributed by atoms with Crippen LogP contribution in [-0.4, -0.2) is 34.2 Å². The van der Waals surface area contributed by atoms with Gasteiger partial charge in [-0.25, -0.2) is 0 Å². The van der Waals surface area contributed by atoms with E-state index in [1.807, 2.05) is 63.2 Å². The summed E-state index contributed by atoms with van der Waals surface area (Å²) in [4.78, 5) is 27.1. The van der Waals surface area contributed by atoms with E-state index in [9.17, 15) is 9.59 Å². The molecule has 0 radical (unpaired) electrons. The summed E-state index contributed by atoms with van der Waals surface area (Å²) >= 11 is 6.53. The Labute approximate surface area is 180 Å². The van der Waals surface area contributed by atoms with Crippen molar-refractivity contribution in [2.24, 2.45) is 0 Å². The number of hydrogen-bond donors (Lipinski definition) is 1. The van der Waals surface area contributed by atoms with Gasteiger partial charge in [-0.1, -0.05) is 48.2 Å². The lowest BCUT2D eigenvalue weighted by Crippen LogP contribution is -2.36. The number of ether oxygens (including phenoxy) is 1. The number of thioether (sulfide) groups is 1. The highest BCUT2D eigenvalue weighted by atomic mass is 32.2. The van der Waals surface area contributed by atoms with Gasteiger partial charge < -0.3 is 10.1 Å². The van der Waals surface area contributed by atoms with E-state index >= 15 is 0 Å². The molecule has 1 N–H and O–H groups in total. The highest BCUT2D eigenvalue weighted by molar-refractivity contribution is 8.26. The van der Waals surface area contributed by atoms with Gasteiger partial charge >= 0.3 is 0 Å². The molecule has 5 nitrogen and oxygen atoms in total. The lowest BCUT2D eigenvalue weighted by molar-refractivity contribution is -0.126. The van der Waals surface area contributed by atoms with Gasteiger partial charge in [0.1, 0.15) is 16.6 Å². The van der Waals surface area contributed by atoms with Crippen molar-refractivity contribution in [2.75, 3.05) is 18.5 Å². The van der Waals surface area contributed by atoms with Gasteiger partial charge in [-0.15, -0.1) is 0 Å². The number of carbonyl (C=O) groups is 2. The third-order valence-corrected chi connectivity index (χ3v) is 5.92. The summed E-state index contributed by atoms with van der Waals surface area (Å²) in [7, 11) is 0. The van der Waals surface area contributed by atoms with Crippen LogP contribution in [0.1, 0.15) is 23.6 Å². The summed E-state index contributed by atoms with van der Waals surface area (Å²) in [6.07, 6.45) is 1.78. The van der Waals surface area contributed by atoms with Gasteiger partial charge in [0.05, 0.1) is 11.5 Å². The van der Waals surface area contributed by atoms with Crippen molar-refractivity contribution in [1.29, 1.82) is 0 Å². The first-order chi connectivity index (χ1) is 13.9. The summed E-state index contributed by atoms with van der Waals surface area (Å²) in [5.41, 5.74) is 3.70. The Kier molecular flexibility index (Phi) is 6.71. The molecule has 2 aromatic rings. The van der Waals surface area contributed by atoms with Crippen LogP contribution in [0.25, 0.3) is 6.08 Å². The molecule has 29 heavy (non-hydrogen) atoms. The van der Waals surface area contributed by atoms with Crippen LogP contribution in [0.3, 0.4) is 0 Å². The van der Waals surface area contributed by atoms with E-state index in [-0.39, 0.29) is 18.4 Å². The number of carbonyl (C=O) groups excluding carboxylic acids is 2. The number of rotatable bonds is 6. The van der Waals surface area contributed by atoms with Crippen LogP contribution >= 0.6 is 24.0 Å². The minimum atomic E-state index is -0.280. The van der Waals surface area contributed by atoms with Crippen molar-refractivity contribution in [3.63, 3.8) is 0 Å². The Balaban J connectivity index is 1.68. The summed E-state index contributed by atoms with van der Waals surface area (Å²) in [5, 5.41) is 2.87. The monoisotopic (exact) mass is 426 g/mol. The van der Waals surface area contributed by atoms with Crippen LogP contribution in [0.5, 0.6) is 5.75 Å². The number of thiocarbonyl (C=S) groups is 1. The van der Waals surface area contributed by atoms with Crippen molar-refractivity contribution < 1.29 is 14.3 Å². The number of amides is 2. The van der Waals surface area contributed by atoms with Crippen molar-refractivity contribution >= 4 is 51.9 Å². The van der Waals surface area contributed by atoms with Gasteiger partial charge in [-0.2, -0.15) is 0 Å². The highest BCUT2D eigenvalue weighted by Gasteiger charge is 2.33. The number of aryl methyl sites for hydroxylation is 1. The molecule has 1 aliphatic heterocycles. The number of benzene rings is 2. The lowest BCUT2D eigenvalue weighted by atomic mass is 10.1. The topological polar surface area (TPSA) is 58.6 Å². The summed E-state index contributed by atoms with van der Waals surface area (Å²) in [6.45, 7) is 6.35. The van der Waals surface area contributed by atoms with Gasteiger partial charge in [0.2, 0.25) is 5.91 Å². The average molecular weight is 427 g/mol. The Morgan fingerprint density at radius 2 is 1.93 bits per heavy atom. The standard InChI is InChI=1S/C22H22N2O3S2/c1-4-27-17-10-8-16(9-11-17)12-19-21(26)24(22(28)29-19)13-20(25)23-18-7-5-6-14(2)15(18)3/h5-12H,4,13H2,1-3H3,(H,23,25)/b19-12-. The molecular weight excluding hydrogens is 404 g/mol. The molecule has 0 bridgehead atoms. The first-order valence-corrected chi connectivity index (χ1v) is 10.5. The molecule has 7 heteroatoms. The Morgan fingerprint density at radius 3 is 2.62 bits per heavy atom. The van der Waals surface area contributed by atoms with Crippen molar-refractivity contribution in [3.05, 3.63) is 64.1 Å². The van der Waals surface area contributed by atoms with E-state index in [1.54, 1.807) is 6.08 Å². The summed E-state index contributed by atoms with van der Waals surface area (Å²) in [6, 6.07) is 13.2. The van der Waals surface area contributed by atoms with E-state index < -0.39 is 0 Å². The minimum absolute atomic E-state index is 0.112. The number of nitrogens with one attached hydrogen (secondary N) is 1. The molecule has 0 spiro atoms. The lowest BCUT2D eigenvalue weighted by Gasteiger charge is -2.15. The Morgan fingerprint density at radius 1 is 1.21 bits per heavy atom. The smallest absolute Gasteiger partial charge is 0.266 e. The second-order valence-corrected chi connectivity index (χ2v) is 8.24. The van der Waals surface area contributed by atoms with Crippen LogP contribution in [0, 0.1) is 13.8 Å². The first kappa shape index (κ1) is 21.1. The molecule has 0 aliphatic carbocycles. The molecular formula is C22H22N2O3S2. The van der Waals surface area contributed by atoms with E-state index in [0.29, 0.717) is 15.8 Å². The molecule has 1 saturated heterocycles. The molecule has 0 unspecified atom stereocenters. The van der Waals surface area contributed by atoms with Gasteiger partial charge in [-0.3, -0.25) is 14.5 Å². The number of hydrogen-bond acceptors (Lipinski definition) is 5. The zero-order valence-electron chi connectivity index (χ0n) is 16.5. The molecule has 3 rings (SSSR count). The molecule has 1 heterocycles. The van der Waals surface area contributed by atoms with E-state index in [2.05, 4.69) is 5.32 Å². The van der Waals surface area contributed by atoms with Crippen LogP contribution in [0.4, 0.5) is 5.69 Å². The van der Waals surface area contributed by atoms with Gasteiger partial charge in [0, 0.05) is 5.69 Å². The molecule has 0 atom stereocenters. The Hall–Kier alpha value is -2.64.